The van der Waals surface area contributed by atoms with Gasteiger partial charge in [-0.05, 0) is 48.7 Å². The van der Waals surface area contributed by atoms with Gasteiger partial charge in [-0.2, -0.15) is 0 Å². The number of nitrogens with zero attached hydrogens (tertiary/aromatic N) is 1. The van der Waals surface area contributed by atoms with E-state index in [1.54, 1.807) is 36.4 Å². The van der Waals surface area contributed by atoms with Crippen molar-refractivity contribution in [1.29, 1.82) is 0 Å². The Labute approximate surface area is 181 Å². The van der Waals surface area contributed by atoms with Crippen molar-refractivity contribution in [3.63, 3.8) is 0 Å². The lowest BCUT2D eigenvalue weighted by Crippen LogP contribution is -2.46. The predicted molar refractivity (Wildman–Crippen MR) is 118 cm³/mol. The van der Waals surface area contributed by atoms with Gasteiger partial charge >= 0.3 is 0 Å². The van der Waals surface area contributed by atoms with Gasteiger partial charge in [0.2, 0.25) is 5.91 Å². The standard InChI is InChI=1S/C25H27FN2O3/c26-19-10-8-9-18(15-19)16-23-25(30)28(21-13-6-7-14-22(21)31-23)17-24(29)27-20-11-4-2-1-3-5-12-20/h6-10,13-16,20H,1-5,11-12,17H2,(H,27,29)/b23-16+. The minimum absolute atomic E-state index is 0.0584. The molecule has 4 rings (SSSR count). The quantitative estimate of drug-likeness (QED) is 0.719. The fourth-order valence-electron chi connectivity index (χ4n) is 4.18. The van der Waals surface area contributed by atoms with Crippen molar-refractivity contribution in [3.05, 3.63) is 65.7 Å². The van der Waals surface area contributed by atoms with Gasteiger partial charge in [-0.3, -0.25) is 14.5 Å². The van der Waals surface area contributed by atoms with Gasteiger partial charge in [0.05, 0.1) is 5.69 Å². The monoisotopic (exact) mass is 422 g/mol. The van der Waals surface area contributed by atoms with Crippen molar-refractivity contribution in [2.45, 2.75) is 51.0 Å². The van der Waals surface area contributed by atoms with Gasteiger partial charge in [0.25, 0.3) is 5.91 Å². The Balaban J connectivity index is 1.53. The third-order valence-electron chi connectivity index (χ3n) is 5.75. The van der Waals surface area contributed by atoms with E-state index < -0.39 is 11.7 Å². The molecule has 0 spiro atoms. The molecule has 0 saturated heterocycles. The number of nitrogens with one attached hydrogen (secondary N) is 1. The maximum atomic E-state index is 13.6. The molecule has 0 aromatic heterocycles. The van der Waals surface area contributed by atoms with Gasteiger partial charge < -0.3 is 10.1 Å². The van der Waals surface area contributed by atoms with E-state index in [1.807, 2.05) is 0 Å². The molecule has 2 aromatic rings. The first kappa shape index (κ1) is 21.1. The Kier molecular flexibility index (Phi) is 6.65. The van der Waals surface area contributed by atoms with E-state index in [1.165, 1.54) is 42.4 Å². The van der Waals surface area contributed by atoms with Gasteiger partial charge in [-0.25, -0.2) is 4.39 Å². The van der Waals surface area contributed by atoms with Crippen LogP contribution in [0.15, 0.2) is 54.3 Å². The molecule has 1 heterocycles. The molecule has 0 atom stereocenters. The Morgan fingerprint density at radius 2 is 1.81 bits per heavy atom. The highest BCUT2D eigenvalue weighted by Crippen LogP contribution is 2.35. The molecule has 31 heavy (non-hydrogen) atoms. The van der Waals surface area contributed by atoms with E-state index in [9.17, 15) is 14.0 Å². The van der Waals surface area contributed by atoms with Crippen LogP contribution in [0, 0.1) is 5.82 Å². The van der Waals surface area contributed by atoms with Gasteiger partial charge in [-0.1, -0.05) is 56.4 Å². The molecule has 0 radical (unpaired) electrons. The summed E-state index contributed by atoms with van der Waals surface area (Å²) in [5.74, 6) is -0.448. The molecule has 1 N–H and O–H groups in total. The number of benzene rings is 2. The summed E-state index contributed by atoms with van der Waals surface area (Å²) in [4.78, 5) is 27.4. The molecule has 6 heteroatoms. The van der Waals surface area contributed by atoms with Crippen molar-refractivity contribution in [2.75, 3.05) is 11.4 Å². The zero-order valence-electron chi connectivity index (χ0n) is 17.5. The minimum atomic E-state index is -0.421. The third kappa shape index (κ3) is 5.32. The highest BCUT2D eigenvalue weighted by molar-refractivity contribution is 6.12. The van der Waals surface area contributed by atoms with Crippen LogP contribution in [0.1, 0.15) is 50.5 Å². The van der Waals surface area contributed by atoms with Crippen molar-refractivity contribution >= 4 is 23.6 Å². The average Bonchev–Trinajstić information content (AvgIpc) is 2.73. The SMILES string of the molecule is O=C(CN1C(=O)/C(=C\c2cccc(F)c2)Oc2ccccc21)NC1CCCCCCC1. The fraction of sp³-hybridized carbons (Fsp3) is 0.360. The van der Waals surface area contributed by atoms with Crippen molar-refractivity contribution in [1.82, 2.24) is 5.32 Å². The van der Waals surface area contributed by atoms with Crippen molar-refractivity contribution in [2.24, 2.45) is 0 Å². The summed E-state index contributed by atoms with van der Waals surface area (Å²) in [6.45, 7) is -0.0871. The number of hydrogen-bond donors (Lipinski definition) is 1. The van der Waals surface area contributed by atoms with Crippen LogP contribution >= 0.6 is 0 Å². The Bertz CT molecular complexity index is 980. The van der Waals surface area contributed by atoms with Crippen LogP contribution in [-0.2, 0) is 9.59 Å². The number of amides is 2. The number of anilines is 1. The number of rotatable bonds is 4. The molecular formula is C25H27FN2O3. The molecule has 0 bridgehead atoms. The first-order valence-corrected chi connectivity index (χ1v) is 11.0. The number of carbonyl (C=O) groups excluding carboxylic acids is 2. The fourth-order valence-corrected chi connectivity index (χ4v) is 4.18. The molecule has 2 aromatic carbocycles. The summed E-state index contributed by atoms with van der Waals surface area (Å²) in [6, 6.07) is 13.2. The van der Waals surface area contributed by atoms with E-state index in [0.717, 1.165) is 25.7 Å². The first-order chi connectivity index (χ1) is 15.1. The van der Waals surface area contributed by atoms with E-state index in [0.29, 0.717) is 17.0 Å². The highest BCUT2D eigenvalue weighted by Gasteiger charge is 2.32. The summed E-state index contributed by atoms with van der Waals surface area (Å²) in [5, 5.41) is 3.11. The zero-order valence-corrected chi connectivity index (χ0v) is 17.5. The number of halogens is 1. The normalized spacial score (nSPS) is 18.7. The smallest absolute Gasteiger partial charge is 0.294 e. The van der Waals surface area contributed by atoms with Crippen molar-refractivity contribution < 1.29 is 18.7 Å². The van der Waals surface area contributed by atoms with Crippen LogP contribution in [0.5, 0.6) is 5.75 Å². The Morgan fingerprint density at radius 1 is 1.06 bits per heavy atom. The van der Waals surface area contributed by atoms with Crippen LogP contribution in [-0.4, -0.2) is 24.4 Å². The van der Waals surface area contributed by atoms with Crippen LogP contribution in [0.2, 0.25) is 0 Å². The molecule has 1 saturated carbocycles. The summed E-state index contributed by atoms with van der Waals surface area (Å²) in [5.41, 5.74) is 1.07. The molecule has 1 aliphatic carbocycles. The maximum Gasteiger partial charge on any atom is 0.294 e. The van der Waals surface area contributed by atoms with Gasteiger partial charge in [-0.15, -0.1) is 0 Å². The molecule has 5 nitrogen and oxygen atoms in total. The van der Waals surface area contributed by atoms with Gasteiger partial charge in [0.1, 0.15) is 12.4 Å². The van der Waals surface area contributed by atoms with Crippen LogP contribution in [0.4, 0.5) is 10.1 Å². The van der Waals surface area contributed by atoms with E-state index >= 15 is 0 Å². The second-order valence-corrected chi connectivity index (χ2v) is 8.13. The first-order valence-electron chi connectivity index (χ1n) is 11.0. The molecule has 2 amide bonds. The van der Waals surface area contributed by atoms with Crippen LogP contribution < -0.4 is 15.0 Å². The summed E-state index contributed by atoms with van der Waals surface area (Å²) in [6.07, 6.45) is 9.36. The van der Waals surface area contributed by atoms with Gasteiger partial charge in [0.15, 0.2) is 11.5 Å². The number of ether oxygens (including phenoxy) is 1. The Morgan fingerprint density at radius 3 is 2.58 bits per heavy atom. The number of hydrogen-bond acceptors (Lipinski definition) is 3. The maximum absolute atomic E-state index is 13.6. The number of fused-ring (bicyclic) bond motifs is 1. The predicted octanol–water partition coefficient (Wildman–Crippen LogP) is 4.82. The lowest BCUT2D eigenvalue weighted by Gasteiger charge is -2.30. The minimum Gasteiger partial charge on any atom is -0.449 e. The topological polar surface area (TPSA) is 58.6 Å². The molecule has 2 aliphatic rings. The summed E-state index contributed by atoms with van der Waals surface area (Å²) >= 11 is 0. The summed E-state index contributed by atoms with van der Waals surface area (Å²) in [7, 11) is 0. The largest absolute Gasteiger partial charge is 0.449 e. The van der Waals surface area contributed by atoms with Crippen LogP contribution in [0.25, 0.3) is 6.08 Å². The van der Waals surface area contributed by atoms with Crippen molar-refractivity contribution in [3.8, 4) is 5.75 Å². The lowest BCUT2D eigenvalue weighted by atomic mass is 9.97. The molecular weight excluding hydrogens is 395 g/mol. The number of para-hydroxylation sites is 2. The lowest BCUT2D eigenvalue weighted by molar-refractivity contribution is -0.124. The van der Waals surface area contributed by atoms with E-state index in [2.05, 4.69) is 5.32 Å². The average molecular weight is 423 g/mol. The number of carbonyl (C=O) groups is 2. The molecule has 162 valence electrons. The second kappa shape index (κ2) is 9.77. The third-order valence-corrected chi connectivity index (χ3v) is 5.75. The molecule has 1 fully saturated rings. The molecule has 1 aliphatic heterocycles. The highest BCUT2D eigenvalue weighted by atomic mass is 19.1. The van der Waals surface area contributed by atoms with E-state index in [-0.39, 0.29) is 24.3 Å². The molecule has 0 unspecified atom stereocenters. The van der Waals surface area contributed by atoms with E-state index in [4.69, 9.17) is 4.74 Å². The Hall–Kier alpha value is -3.15. The van der Waals surface area contributed by atoms with Crippen LogP contribution in [0.3, 0.4) is 0 Å². The van der Waals surface area contributed by atoms with Gasteiger partial charge in [0, 0.05) is 6.04 Å². The second-order valence-electron chi connectivity index (χ2n) is 8.13. The zero-order chi connectivity index (χ0) is 21.6. The summed E-state index contributed by atoms with van der Waals surface area (Å²) < 4.78 is 19.4.